The van der Waals surface area contributed by atoms with Crippen molar-refractivity contribution in [3.05, 3.63) is 28.2 Å². The summed E-state index contributed by atoms with van der Waals surface area (Å²) >= 11 is 0. The summed E-state index contributed by atoms with van der Waals surface area (Å²) in [5.74, 6) is -1.06. The lowest BCUT2D eigenvalue weighted by atomic mass is 10.2. The zero-order valence-corrected chi connectivity index (χ0v) is 8.22. The second kappa shape index (κ2) is 3.61. The first-order valence-electron chi connectivity index (χ1n) is 4.29. The molecule has 0 fully saturated rings. The van der Waals surface area contributed by atoms with Crippen LogP contribution in [-0.2, 0) is 0 Å². The first kappa shape index (κ1) is 10.1. The lowest BCUT2D eigenvalue weighted by Crippen LogP contribution is -2.16. The maximum atomic E-state index is 11.6. The smallest absolute Gasteiger partial charge is 0.341 e. The first-order chi connectivity index (χ1) is 7.63. The molecular weight excluding hydrogens is 214 g/mol. The largest absolute Gasteiger partial charge is 0.480 e. The molecule has 7 nitrogen and oxygen atoms in total. The van der Waals surface area contributed by atoms with Crippen LogP contribution in [0.2, 0.25) is 0 Å². The molecule has 0 aliphatic carbocycles. The molecule has 7 heteroatoms. The highest BCUT2D eigenvalue weighted by molar-refractivity contribution is 5.90. The van der Waals surface area contributed by atoms with Crippen LogP contribution in [0.5, 0.6) is 5.88 Å². The van der Waals surface area contributed by atoms with Gasteiger partial charge in [-0.05, 0) is 0 Å². The van der Waals surface area contributed by atoms with Gasteiger partial charge in [-0.1, -0.05) is 0 Å². The van der Waals surface area contributed by atoms with E-state index >= 15 is 0 Å². The van der Waals surface area contributed by atoms with E-state index in [4.69, 9.17) is 9.84 Å². The second-order valence-electron chi connectivity index (χ2n) is 2.95. The molecule has 0 amide bonds. The quantitative estimate of drug-likeness (QED) is 0.740. The predicted molar refractivity (Wildman–Crippen MR) is 53.7 cm³/mol. The van der Waals surface area contributed by atoms with Gasteiger partial charge in [-0.3, -0.25) is 4.79 Å². The highest BCUT2D eigenvalue weighted by atomic mass is 16.5. The van der Waals surface area contributed by atoms with Gasteiger partial charge in [0.1, 0.15) is 5.56 Å². The summed E-state index contributed by atoms with van der Waals surface area (Å²) < 4.78 is 4.83. The molecular formula is C9H7N3O4. The summed E-state index contributed by atoms with van der Waals surface area (Å²) in [4.78, 5) is 32.6. The normalized spacial score (nSPS) is 10.3. The molecule has 0 spiro atoms. The van der Waals surface area contributed by atoms with Crippen molar-refractivity contribution in [3.63, 3.8) is 0 Å². The van der Waals surface area contributed by atoms with Crippen molar-refractivity contribution in [2.45, 2.75) is 0 Å². The molecule has 0 saturated carbocycles. The van der Waals surface area contributed by atoms with Gasteiger partial charge in [0.2, 0.25) is 11.3 Å². The third-order valence-electron chi connectivity index (χ3n) is 2.00. The van der Waals surface area contributed by atoms with Gasteiger partial charge >= 0.3 is 5.97 Å². The van der Waals surface area contributed by atoms with E-state index in [9.17, 15) is 9.59 Å². The Kier molecular flexibility index (Phi) is 2.28. The summed E-state index contributed by atoms with van der Waals surface area (Å²) in [6.45, 7) is 0. The van der Waals surface area contributed by atoms with Crippen molar-refractivity contribution in [2.75, 3.05) is 7.11 Å². The van der Waals surface area contributed by atoms with E-state index in [1.807, 2.05) is 0 Å². The summed E-state index contributed by atoms with van der Waals surface area (Å²) in [6.07, 6.45) is 2.34. The first-order valence-corrected chi connectivity index (χ1v) is 4.29. The average molecular weight is 221 g/mol. The fourth-order valence-corrected chi connectivity index (χ4v) is 1.23. The van der Waals surface area contributed by atoms with Gasteiger partial charge in [0.25, 0.3) is 0 Å². The minimum absolute atomic E-state index is 0.0271. The van der Waals surface area contributed by atoms with Crippen LogP contribution in [0.3, 0.4) is 0 Å². The second-order valence-corrected chi connectivity index (χ2v) is 2.95. The molecule has 16 heavy (non-hydrogen) atoms. The summed E-state index contributed by atoms with van der Waals surface area (Å²) in [5.41, 5.74) is -0.876. The van der Waals surface area contributed by atoms with Gasteiger partial charge in [-0.2, -0.15) is 4.98 Å². The molecule has 0 aromatic carbocycles. The van der Waals surface area contributed by atoms with Crippen molar-refractivity contribution < 1.29 is 14.6 Å². The molecule has 0 atom stereocenters. The molecule has 2 heterocycles. The summed E-state index contributed by atoms with van der Waals surface area (Å²) in [7, 11) is 1.42. The molecule has 2 aromatic rings. The van der Waals surface area contributed by atoms with Gasteiger partial charge in [0.05, 0.1) is 13.3 Å². The van der Waals surface area contributed by atoms with E-state index in [0.29, 0.717) is 0 Å². The number of rotatable bonds is 2. The van der Waals surface area contributed by atoms with Gasteiger partial charge in [-0.15, -0.1) is 0 Å². The highest BCUT2D eigenvalue weighted by Crippen LogP contribution is 2.08. The van der Waals surface area contributed by atoms with Crippen molar-refractivity contribution in [1.29, 1.82) is 0 Å². The average Bonchev–Trinajstić information content (AvgIpc) is 2.28. The number of pyridine rings is 1. The number of carboxylic acid groups (broad SMARTS) is 1. The zero-order chi connectivity index (χ0) is 11.7. The Bertz CT molecular complexity index is 620. The van der Waals surface area contributed by atoms with Crippen LogP contribution in [0.15, 0.2) is 17.2 Å². The molecule has 0 aliphatic heterocycles. The Balaban J connectivity index is 2.77. The molecule has 0 bridgehead atoms. The third kappa shape index (κ3) is 1.48. The SMILES string of the molecule is COc1cnc2c(=O)c(C(=O)O)c[nH]c2n1. The summed E-state index contributed by atoms with van der Waals surface area (Å²) in [6, 6.07) is 0. The van der Waals surface area contributed by atoms with Gasteiger partial charge < -0.3 is 14.8 Å². The number of carboxylic acids is 1. The van der Waals surface area contributed by atoms with Crippen LogP contribution < -0.4 is 10.2 Å². The Hall–Kier alpha value is -2.44. The number of methoxy groups -OCH3 is 1. The molecule has 0 aliphatic rings. The van der Waals surface area contributed by atoms with E-state index < -0.39 is 11.4 Å². The molecule has 82 valence electrons. The number of aromatic carboxylic acids is 1. The number of aromatic amines is 1. The number of H-pyrrole nitrogens is 1. The third-order valence-corrected chi connectivity index (χ3v) is 2.00. The van der Waals surface area contributed by atoms with Crippen molar-refractivity contribution >= 4 is 17.1 Å². The number of fused-ring (bicyclic) bond motifs is 1. The Morgan fingerprint density at radius 3 is 2.94 bits per heavy atom. The fourth-order valence-electron chi connectivity index (χ4n) is 1.23. The van der Waals surface area contributed by atoms with E-state index in [2.05, 4.69) is 15.0 Å². The Morgan fingerprint density at radius 1 is 1.56 bits per heavy atom. The summed E-state index contributed by atoms with van der Waals surface area (Å²) in [5, 5.41) is 8.73. The van der Waals surface area contributed by atoms with E-state index in [-0.39, 0.29) is 22.6 Å². The maximum Gasteiger partial charge on any atom is 0.341 e. The van der Waals surface area contributed by atoms with Crippen LogP contribution in [0.4, 0.5) is 0 Å². The van der Waals surface area contributed by atoms with E-state index in [0.717, 1.165) is 6.20 Å². The highest BCUT2D eigenvalue weighted by Gasteiger charge is 2.13. The van der Waals surface area contributed by atoms with Crippen LogP contribution in [-0.4, -0.2) is 33.1 Å². The monoisotopic (exact) mass is 221 g/mol. The number of nitrogens with zero attached hydrogens (tertiary/aromatic N) is 2. The van der Waals surface area contributed by atoms with Crippen LogP contribution in [0, 0.1) is 0 Å². The van der Waals surface area contributed by atoms with Crippen LogP contribution in [0.1, 0.15) is 10.4 Å². The standard InChI is InChI=1S/C9H7N3O4/c1-16-5-3-10-6-7(13)4(9(14)15)2-11-8(6)12-5/h2-3H,1H3,(H,14,15)(H,11,12,13). The van der Waals surface area contributed by atoms with Crippen molar-refractivity contribution in [1.82, 2.24) is 15.0 Å². The van der Waals surface area contributed by atoms with Gasteiger partial charge in [-0.25, -0.2) is 9.78 Å². The number of aromatic nitrogens is 3. The van der Waals surface area contributed by atoms with Crippen LogP contribution in [0.25, 0.3) is 11.2 Å². The van der Waals surface area contributed by atoms with E-state index in [1.54, 1.807) is 0 Å². The van der Waals surface area contributed by atoms with Crippen molar-refractivity contribution in [2.24, 2.45) is 0 Å². The van der Waals surface area contributed by atoms with Crippen LogP contribution >= 0.6 is 0 Å². The fraction of sp³-hybridized carbons (Fsp3) is 0.111. The number of carbonyl (C=O) groups is 1. The van der Waals surface area contributed by atoms with Gasteiger partial charge in [0, 0.05) is 6.20 Å². The molecule has 2 aromatic heterocycles. The maximum absolute atomic E-state index is 11.6. The lowest BCUT2D eigenvalue weighted by molar-refractivity contribution is 0.0695. The lowest BCUT2D eigenvalue weighted by Gasteiger charge is -2.00. The number of nitrogens with one attached hydrogen (secondary N) is 1. The predicted octanol–water partition coefficient (Wildman–Crippen LogP) is 0.0249. The zero-order valence-electron chi connectivity index (χ0n) is 8.22. The molecule has 2 rings (SSSR count). The molecule has 0 radical (unpaired) electrons. The molecule has 0 saturated heterocycles. The van der Waals surface area contributed by atoms with Gasteiger partial charge in [0.15, 0.2) is 11.2 Å². The molecule has 2 N–H and O–H groups in total. The number of hydrogen-bond acceptors (Lipinski definition) is 5. The number of ether oxygens (including phenoxy) is 1. The number of hydrogen-bond donors (Lipinski definition) is 2. The topological polar surface area (TPSA) is 105 Å². The Morgan fingerprint density at radius 2 is 2.31 bits per heavy atom. The van der Waals surface area contributed by atoms with E-state index in [1.165, 1.54) is 13.3 Å². The minimum atomic E-state index is -1.30. The molecule has 0 unspecified atom stereocenters. The Labute approximate surface area is 88.7 Å². The minimum Gasteiger partial charge on any atom is -0.480 e. The van der Waals surface area contributed by atoms with Crippen molar-refractivity contribution in [3.8, 4) is 5.88 Å².